The lowest BCUT2D eigenvalue weighted by atomic mass is 10.0. The van der Waals surface area contributed by atoms with Crippen LogP contribution in [-0.2, 0) is 6.54 Å². The van der Waals surface area contributed by atoms with E-state index in [0.29, 0.717) is 5.11 Å². The Labute approximate surface area is 140 Å². The van der Waals surface area contributed by atoms with Crippen LogP contribution in [0.3, 0.4) is 0 Å². The first-order valence-electron chi connectivity index (χ1n) is 7.28. The zero-order valence-electron chi connectivity index (χ0n) is 12.4. The summed E-state index contributed by atoms with van der Waals surface area (Å²) in [7, 11) is 0. The summed E-state index contributed by atoms with van der Waals surface area (Å²) >= 11 is 7.11. The molecule has 1 heterocycles. The van der Waals surface area contributed by atoms with Gasteiger partial charge in [0.05, 0.1) is 12.6 Å². The minimum atomic E-state index is 0.174. The molecule has 0 amide bonds. The molecule has 0 spiro atoms. The largest absolute Gasteiger partial charge is 0.358 e. The third-order valence-electron chi connectivity index (χ3n) is 3.62. The van der Waals surface area contributed by atoms with E-state index in [2.05, 4.69) is 77.5 Å². The van der Waals surface area contributed by atoms with Crippen molar-refractivity contribution in [2.75, 3.05) is 0 Å². The minimum Gasteiger partial charge on any atom is -0.358 e. The molecule has 0 saturated heterocycles. The van der Waals surface area contributed by atoms with Crippen LogP contribution in [0.15, 0.2) is 60.0 Å². The maximum Gasteiger partial charge on any atom is 0.167 e. The molecule has 4 heteroatoms. The molecular weight excluding hydrogens is 308 g/mol. The SMILES string of the molecule is CC(NC(=S)NCc1cccs1)c1ccc2ccccc2c1. The van der Waals surface area contributed by atoms with Gasteiger partial charge in [-0.1, -0.05) is 42.5 Å². The van der Waals surface area contributed by atoms with Gasteiger partial charge < -0.3 is 10.6 Å². The molecule has 0 bridgehead atoms. The van der Waals surface area contributed by atoms with Gasteiger partial charge in [0.2, 0.25) is 0 Å². The molecule has 3 aromatic rings. The minimum absolute atomic E-state index is 0.174. The molecule has 0 radical (unpaired) electrons. The van der Waals surface area contributed by atoms with Gasteiger partial charge in [-0.05, 0) is 53.0 Å². The smallest absolute Gasteiger partial charge is 0.167 e. The van der Waals surface area contributed by atoms with Gasteiger partial charge in [0.1, 0.15) is 0 Å². The Morgan fingerprint density at radius 3 is 2.68 bits per heavy atom. The van der Waals surface area contributed by atoms with Crippen molar-refractivity contribution in [2.45, 2.75) is 19.5 Å². The van der Waals surface area contributed by atoms with E-state index in [9.17, 15) is 0 Å². The molecule has 3 rings (SSSR count). The third kappa shape index (κ3) is 3.64. The molecule has 2 nitrogen and oxygen atoms in total. The average Bonchev–Trinajstić information content (AvgIpc) is 3.06. The number of fused-ring (bicyclic) bond motifs is 1. The van der Waals surface area contributed by atoms with Gasteiger partial charge in [-0.2, -0.15) is 0 Å². The zero-order valence-corrected chi connectivity index (χ0v) is 14.0. The molecule has 0 aliphatic rings. The van der Waals surface area contributed by atoms with E-state index in [1.54, 1.807) is 11.3 Å². The summed E-state index contributed by atoms with van der Waals surface area (Å²) < 4.78 is 0. The maximum atomic E-state index is 5.38. The molecule has 112 valence electrons. The van der Waals surface area contributed by atoms with Gasteiger partial charge in [-0.25, -0.2) is 0 Å². The molecule has 0 aliphatic carbocycles. The highest BCUT2D eigenvalue weighted by atomic mass is 32.1. The van der Waals surface area contributed by atoms with Crippen LogP contribution in [0, 0.1) is 0 Å². The van der Waals surface area contributed by atoms with Crippen LogP contribution in [0.1, 0.15) is 23.4 Å². The lowest BCUT2D eigenvalue weighted by Crippen LogP contribution is -2.36. The summed E-state index contributed by atoms with van der Waals surface area (Å²) in [5, 5.41) is 11.9. The van der Waals surface area contributed by atoms with Gasteiger partial charge in [-0.15, -0.1) is 11.3 Å². The fraction of sp³-hybridized carbons (Fsp3) is 0.167. The van der Waals surface area contributed by atoms with Crippen LogP contribution < -0.4 is 10.6 Å². The molecule has 1 aromatic heterocycles. The van der Waals surface area contributed by atoms with E-state index in [1.165, 1.54) is 21.2 Å². The van der Waals surface area contributed by atoms with Gasteiger partial charge in [-0.3, -0.25) is 0 Å². The number of benzene rings is 2. The van der Waals surface area contributed by atoms with Gasteiger partial charge >= 0.3 is 0 Å². The molecule has 0 aliphatic heterocycles. The van der Waals surface area contributed by atoms with Crippen LogP contribution in [0.2, 0.25) is 0 Å². The molecule has 2 aromatic carbocycles. The Balaban J connectivity index is 1.62. The maximum absolute atomic E-state index is 5.38. The molecule has 2 N–H and O–H groups in total. The van der Waals surface area contributed by atoms with Gasteiger partial charge in [0.15, 0.2) is 5.11 Å². The quantitative estimate of drug-likeness (QED) is 0.684. The third-order valence-corrected chi connectivity index (χ3v) is 4.76. The fourth-order valence-electron chi connectivity index (χ4n) is 2.39. The fourth-order valence-corrected chi connectivity index (χ4v) is 3.28. The highest BCUT2D eigenvalue weighted by Crippen LogP contribution is 2.20. The second kappa shape index (κ2) is 6.90. The van der Waals surface area contributed by atoms with E-state index >= 15 is 0 Å². The first-order chi connectivity index (χ1) is 10.7. The second-order valence-electron chi connectivity index (χ2n) is 5.23. The first kappa shape index (κ1) is 15.0. The Kier molecular flexibility index (Phi) is 4.71. The zero-order chi connectivity index (χ0) is 15.4. The molecular formula is C18H18N2S2. The van der Waals surface area contributed by atoms with E-state index in [-0.39, 0.29) is 6.04 Å². The number of thiocarbonyl (C=S) groups is 1. The standard InChI is InChI=1S/C18H18N2S2/c1-13(20-18(21)19-12-17-7-4-10-22-17)15-9-8-14-5-2-3-6-16(14)11-15/h2-11,13H,12H2,1H3,(H2,19,20,21). The Morgan fingerprint density at radius 2 is 1.91 bits per heavy atom. The number of nitrogens with one attached hydrogen (secondary N) is 2. The predicted octanol–water partition coefficient (Wildman–Crippen LogP) is 4.63. The molecule has 1 atom stereocenters. The summed E-state index contributed by atoms with van der Waals surface area (Å²) in [6.45, 7) is 2.90. The Hall–Kier alpha value is -1.91. The summed E-state index contributed by atoms with van der Waals surface area (Å²) in [6.07, 6.45) is 0. The van der Waals surface area contributed by atoms with E-state index in [0.717, 1.165) is 6.54 Å². The lowest BCUT2D eigenvalue weighted by molar-refractivity contribution is 0.700. The lowest BCUT2D eigenvalue weighted by Gasteiger charge is -2.17. The molecule has 0 fully saturated rings. The van der Waals surface area contributed by atoms with Crippen molar-refractivity contribution in [3.05, 3.63) is 70.4 Å². The molecule has 1 unspecified atom stereocenters. The summed E-state index contributed by atoms with van der Waals surface area (Å²) in [5.74, 6) is 0. The number of thiophene rings is 1. The van der Waals surface area contributed by atoms with Crippen LogP contribution in [0.5, 0.6) is 0 Å². The number of rotatable bonds is 4. The van der Waals surface area contributed by atoms with Crippen molar-refractivity contribution >= 4 is 39.4 Å². The highest BCUT2D eigenvalue weighted by Gasteiger charge is 2.07. The van der Waals surface area contributed by atoms with Crippen LogP contribution in [0.25, 0.3) is 10.8 Å². The average molecular weight is 326 g/mol. The van der Waals surface area contributed by atoms with Crippen molar-refractivity contribution in [2.24, 2.45) is 0 Å². The van der Waals surface area contributed by atoms with Crippen molar-refractivity contribution in [3.63, 3.8) is 0 Å². The van der Waals surface area contributed by atoms with Crippen LogP contribution in [0.4, 0.5) is 0 Å². The van der Waals surface area contributed by atoms with Crippen molar-refractivity contribution in [1.82, 2.24) is 10.6 Å². The number of hydrogen-bond acceptors (Lipinski definition) is 2. The molecule has 0 saturated carbocycles. The normalized spacial score (nSPS) is 12.0. The second-order valence-corrected chi connectivity index (χ2v) is 6.68. The van der Waals surface area contributed by atoms with Crippen molar-refractivity contribution in [3.8, 4) is 0 Å². The van der Waals surface area contributed by atoms with Crippen LogP contribution >= 0.6 is 23.6 Å². The first-order valence-corrected chi connectivity index (χ1v) is 8.56. The summed E-state index contributed by atoms with van der Waals surface area (Å²) in [4.78, 5) is 1.28. The monoisotopic (exact) mass is 326 g/mol. The predicted molar refractivity (Wildman–Crippen MR) is 99.3 cm³/mol. The summed E-state index contributed by atoms with van der Waals surface area (Å²) in [6, 6.07) is 19.3. The number of hydrogen-bond donors (Lipinski definition) is 2. The van der Waals surface area contributed by atoms with E-state index in [4.69, 9.17) is 12.2 Å². The van der Waals surface area contributed by atoms with Gasteiger partial charge in [0.25, 0.3) is 0 Å². The van der Waals surface area contributed by atoms with Crippen molar-refractivity contribution in [1.29, 1.82) is 0 Å². The van der Waals surface area contributed by atoms with Crippen LogP contribution in [-0.4, -0.2) is 5.11 Å². The topological polar surface area (TPSA) is 24.1 Å². The highest BCUT2D eigenvalue weighted by molar-refractivity contribution is 7.80. The Morgan fingerprint density at radius 1 is 1.09 bits per heavy atom. The van der Waals surface area contributed by atoms with E-state index in [1.807, 2.05) is 0 Å². The van der Waals surface area contributed by atoms with Crippen molar-refractivity contribution < 1.29 is 0 Å². The summed E-state index contributed by atoms with van der Waals surface area (Å²) in [5.41, 5.74) is 1.24. The molecule has 22 heavy (non-hydrogen) atoms. The Bertz CT molecular complexity index is 766. The van der Waals surface area contributed by atoms with Gasteiger partial charge in [0, 0.05) is 4.88 Å². The van der Waals surface area contributed by atoms with E-state index < -0.39 is 0 Å².